The van der Waals surface area contributed by atoms with Gasteiger partial charge in [0, 0.05) is 18.9 Å². The summed E-state index contributed by atoms with van der Waals surface area (Å²) in [5, 5.41) is 12.0. The van der Waals surface area contributed by atoms with Crippen LogP contribution in [0.2, 0.25) is 0 Å². The number of nitrogens with zero attached hydrogens (tertiary/aromatic N) is 3. The van der Waals surface area contributed by atoms with Crippen LogP contribution in [0.4, 0.5) is 5.13 Å². The average Bonchev–Trinajstić information content (AvgIpc) is 3.19. The summed E-state index contributed by atoms with van der Waals surface area (Å²) in [6.45, 7) is 4.15. The number of carbonyl (C=O) groups is 3. The molecule has 138 valence electrons. The molecule has 5 rings (SSSR count). The van der Waals surface area contributed by atoms with Crippen LogP contribution in [0, 0.1) is 23.7 Å². The predicted octanol–water partition coefficient (Wildman–Crippen LogP) is 2.19. The molecule has 0 spiro atoms. The molecule has 26 heavy (non-hydrogen) atoms. The van der Waals surface area contributed by atoms with Gasteiger partial charge in [0.05, 0.1) is 11.8 Å². The summed E-state index contributed by atoms with van der Waals surface area (Å²) in [4.78, 5) is 38.9. The van der Waals surface area contributed by atoms with E-state index in [1.54, 1.807) is 0 Å². The molecule has 3 aliphatic carbocycles. The van der Waals surface area contributed by atoms with E-state index in [0.29, 0.717) is 5.13 Å². The van der Waals surface area contributed by atoms with Crippen LogP contribution in [0.3, 0.4) is 0 Å². The monoisotopic (exact) mass is 374 g/mol. The lowest BCUT2D eigenvalue weighted by Gasteiger charge is -2.38. The number of fused-ring (bicyclic) bond motifs is 1. The Morgan fingerprint density at radius 1 is 1.19 bits per heavy atom. The maximum Gasteiger partial charge on any atom is 0.233 e. The molecule has 8 heteroatoms. The summed E-state index contributed by atoms with van der Waals surface area (Å²) >= 11 is 1.34. The standard InChI is InChI=1S/C18H22N4O3S/c1-9(2)15-20-21-18(26-15)19-12(23)7-8-22-16(24)13-10-3-4-11(6-5-10)14(13)17(22)25/h3-4,9-11,13-14H,5-8H2,1-2H3,(H,19,21,23)/t10-,11-,13+,14+/m0/s1. The van der Waals surface area contributed by atoms with E-state index in [-0.39, 0.29) is 60.3 Å². The van der Waals surface area contributed by atoms with Crippen molar-refractivity contribution in [1.82, 2.24) is 15.1 Å². The third-order valence-corrected chi connectivity index (χ3v) is 6.73. The van der Waals surface area contributed by atoms with Crippen LogP contribution in [0.5, 0.6) is 0 Å². The largest absolute Gasteiger partial charge is 0.300 e. The minimum atomic E-state index is -0.256. The summed E-state index contributed by atoms with van der Waals surface area (Å²) < 4.78 is 0. The summed E-state index contributed by atoms with van der Waals surface area (Å²) in [5.74, 6) is -0.294. The molecule has 0 radical (unpaired) electrons. The molecular weight excluding hydrogens is 352 g/mol. The van der Waals surface area contributed by atoms with Gasteiger partial charge in [0.15, 0.2) is 0 Å². The van der Waals surface area contributed by atoms with Gasteiger partial charge in [-0.15, -0.1) is 10.2 Å². The Bertz CT molecular complexity index is 755. The summed E-state index contributed by atoms with van der Waals surface area (Å²) in [6, 6.07) is 0. The van der Waals surface area contributed by atoms with E-state index < -0.39 is 0 Å². The van der Waals surface area contributed by atoms with Crippen molar-refractivity contribution in [2.45, 2.75) is 39.0 Å². The molecular formula is C18H22N4O3S. The SMILES string of the molecule is CC(C)c1nnc(NC(=O)CCN2C(=O)[C@H]3[C@H](C2=O)[C@H]2C=C[C@H]3CC2)s1. The van der Waals surface area contributed by atoms with Crippen LogP contribution in [-0.2, 0) is 14.4 Å². The van der Waals surface area contributed by atoms with Gasteiger partial charge in [-0.05, 0) is 24.7 Å². The van der Waals surface area contributed by atoms with Gasteiger partial charge in [-0.2, -0.15) is 0 Å². The summed E-state index contributed by atoms with van der Waals surface area (Å²) in [7, 11) is 0. The van der Waals surface area contributed by atoms with E-state index in [4.69, 9.17) is 0 Å². The first kappa shape index (κ1) is 17.3. The number of amides is 3. The first-order valence-electron chi connectivity index (χ1n) is 9.12. The molecule has 0 unspecified atom stereocenters. The highest BCUT2D eigenvalue weighted by atomic mass is 32.1. The predicted molar refractivity (Wildman–Crippen MR) is 96.3 cm³/mol. The van der Waals surface area contributed by atoms with Gasteiger partial charge >= 0.3 is 0 Å². The van der Waals surface area contributed by atoms with Crippen molar-refractivity contribution in [2.75, 3.05) is 11.9 Å². The zero-order valence-corrected chi connectivity index (χ0v) is 15.7. The number of allylic oxidation sites excluding steroid dienone is 2. The third-order valence-electron chi connectivity index (χ3n) is 5.59. The van der Waals surface area contributed by atoms with Gasteiger partial charge in [0.1, 0.15) is 5.01 Å². The first-order chi connectivity index (χ1) is 12.5. The zero-order valence-electron chi connectivity index (χ0n) is 14.8. The molecule has 7 nitrogen and oxygen atoms in total. The summed E-state index contributed by atoms with van der Waals surface area (Å²) in [6.07, 6.45) is 6.23. The molecule has 2 heterocycles. The van der Waals surface area contributed by atoms with Crippen molar-refractivity contribution >= 4 is 34.2 Å². The number of likely N-dealkylation sites (tertiary alicyclic amines) is 1. The van der Waals surface area contributed by atoms with Gasteiger partial charge in [-0.1, -0.05) is 37.3 Å². The second kappa shape index (κ2) is 6.57. The molecule has 3 amide bonds. The number of nitrogens with one attached hydrogen (secondary N) is 1. The number of carbonyl (C=O) groups excluding carboxylic acids is 3. The normalized spacial score (nSPS) is 29.6. The Hall–Kier alpha value is -2.09. The van der Waals surface area contributed by atoms with E-state index >= 15 is 0 Å². The lowest BCUT2D eigenvalue weighted by atomic mass is 9.63. The van der Waals surface area contributed by atoms with Gasteiger partial charge < -0.3 is 5.32 Å². The fraction of sp³-hybridized carbons (Fsp3) is 0.611. The van der Waals surface area contributed by atoms with Crippen molar-refractivity contribution in [3.05, 3.63) is 17.2 Å². The van der Waals surface area contributed by atoms with E-state index in [1.807, 2.05) is 13.8 Å². The molecule has 1 aromatic heterocycles. The number of hydrogen-bond donors (Lipinski definition) is 1. The molecule has 2 fully saturated rings. The van der Waals surface area contributed by atoms with E-state index in [2.05, 4.69) is 27.7 Å². The molecule has 1 saturated heterocycles. The smallest absolute Gasteiger partial charge is 0.233 e. The molecule has 2 bridgehead atoms. The second-order valence-corrected chi connectivity index (χ2v) is 8.58. The molecule has 4 atom stereocenters. The molecule has 1 aliphatic heterocycles. The Morgan fingerprint density at radius 3 is 2.31 bits per heavy atom. The summed E-state index contributed by atoms with van der Waals surface area (Å²) in [5.41, 5.74) is 0. The number of rotatable bonds is 5. The lowest BCUT2D eigenvalue weighted by molar-refractivity contribution is -0.140. The Labute approximate surface area is 155 Å². The van der Waals surface area contributed by atoms with Crippen molar-refractivity contribution in [2.24, 2.45) is 23.7 Å². The molecule has 1 N–H and O–H groups in total. The van der Waals surface area contributed by atoms with Crippen LogP contribution >= 0.6 is 11.3 Å². The lowest BCUT2D eigenvalue weighted by Crippen LogP contribution is -2.38. The zero-order chi connectivity index (χ0) is 18.4. The Kier molecular flexibility index (Phi) is 4.38. The first-order valence-corrected chi connectivity index (χ1v) is 9.94. The van der Waals surface area contributed by atoms with Crippen molar-refractivity contribution in [3.63, 3.8) is 0 Å². The highest BCUT2D eigenvalue weighted by molar-refractivity contribution is 7.15. The topological polar surface area (TPSA) is 92.3 Å². The minimum absolute atomic E-state index is 0.0796. The van der Waals surface area contributed by atoms with E-state index in [9.17, 15) is 14.4 Å². The fourth-order valence-corrected chi connectivity index (χ4v) is 5.03. The number of hydrogen-bond acceptors (Lipinski definition) is 6. The van der Waals surface area contributed by atoms with E-state index in [1.165, 1.54) is 16.2 Å². The fourth-order valence-electron chi connectivity index (χ4n) is 4.27. The molecule has 4 aliphatic rings. The number of imide groups is 1. The van der Waals surface area contributed by atoms with Crippen LogP contribution in [0.15, 0.2) is 12.2 Å². The molecule has 1 saturated carbocycles. The second-order valence-electron chi connectivity index (χ2n) is 7.57. The van der Waals surface area contributed by atoms with Gasteiger partial charge in [0.2, 0.25) is 22.9 Å². The van der Waals surface area contributed by atoms with Crippen molar-refractivity contribution < 1.29 is 14.4 Å². The van der Waals surface area contributed by atoms with Crippen LogP contribution in [0.1, 0.15) is 44.0 Å². The van der Waals surface area contributed by atoms with E-state index in [0.717, 1.165) is 17.8 Å². The van der Waals surface area contributed by atoms with Gasteiger partial charge in [-0.3, -0.25) is 19.3 Å². The third kappa shape index (κ3) is 2.86. The van der Waals surface area contributed by atoms with Gasteiger partial charge in [0.25, 0.3) is 0 Å². The van der Waals surface area contributed by atoms with Gasteiger partial charge in [-0.25, -0.2) is 0 Å². The van der Waals surface area contributed by atoms with Crippen LogP contribution in [0.25, 0.3) is 0 Å². The number of anilines is 1. The highest BCUT2D eigenvalue weighted by Gasteiger charge is 2.56. The minimum Gasteiger partial charge on any atom is -0.300 e. The maximum absolute atomic E-state index is 12.7. The van der Waals surface area contributed by atoms with Crippen molar-refractivity contribution in [1.29, 1.82) is 0 Å². The molecule has 0 aromatic carbocycles. The average molecular weight is 374 g/mol. The number of aromatic nitrogens is 2. The maximum atomic E-state index is 12.7. The van der Waals surface area contributed by atoms with Crippen LogP contribution < -0.4 is 5.32 Å². The Balaban J connectivity index is 1.36. The van der Waals surface area contributed by atoms with Crippen LogP contribution in [-0.4, -0.2) is 39.4 Å². The van der Waals surface area contributed by atoms with Crippen molar-refractivity contribution in [3.8, 4) is 0 Å². The Morgan fingerprint density at radius 2 is 1.81 bits per heavy atom. The highest BCUT2D eigenvalue weighted by Crippen LogP contribution is 2.49. The molecule has 1 aromatic rings. The quantitative estimate of drug-likeness (QED) is 0.630.